The summed E-state index contributed by atoms with van der Waals surface area (Å²) >= 11 is 0. The van der Waals surface area contributed by atoms with E-state index in [4.69, 9.17) is 4.98 Å². The highest BCUT2D eigenvalue weighted by Crippen LogP contribution is 2.38. The van der Waals surface area contributed by atoms with Crippen molar-refractivity contribution in [2.24, 2.45) is 0 Å². The Morgan fingerprint density at radius 3 is 2.00 bits per heavy atom. The standard InChI is InChI=1S/C35H26N2/c1-2-37-34-20-18-27(23-33(34)36-35(37)25-13-7-4-8-14-25)26-17-19-30-31(24-11-5-3-6-12-24)22-28-15-9-10-16-29(28)32(30)21-26/h3-23H,2H2,1H3. The van der Waals surface area contributed by atoms with Crippen LogP contribution >= 0.6 is 0 Å². The third-order valence-corrected chi connectivity index (χ3v) is 7.38. The molecular formula is C35H26N2. The molecule has 0 aliphatic rings. The Kier molecular flexibility index (Phi) is 5.11. The number of imidazole rings is 1. The van der Waals surface area contributed by atoms with Gasteiger partial charge < -0.3 is 4.57 Å². The molecular weight excluding hydrogens is 448 g/mol. The van der Waals surface area contributed by atoms with Crippen molar-refractivity contribution in [1.29, 1.82) is 0 Å². The van der Waals surface area contributed by atoms with Crippen molar-refractivity contribution in [3.8, 4) is 33.6 Å². The number of nitrogens with zero attached hydrogens (tertiary/aromatic N) is 2. The molecule has 2 heteroatoms. The lowest BCUT2D eigenvalue weighted by molar-refractivity contribution is 0.796. The maximum Gasteiger partial charge on any atom is 0.141 e. The second-order valence-corrected chi connectivity index (χ2v) is 9.52. The Balaban J connectivity index is 1.42. The highest BCUT2D eigenvalue weighted by Gasteiger charge is 2.14. The zero-order valence-electron chi connectivity index (χ0n) is 20.7. The first-order valence-corrected chi connectivity index (χ1v) is 12.9. The van der Waals surface area contributed by atoms with E-state index in [1.807, 2.05) is 6.07 Å². The van der Waals surface area contributed by atoms with E-state index < -0.39 is 0 Å². The number of aromatic nitrogens is 2. The van der Waals surface area contributed by atoms with Crippen LogP contribution in [0.1, 0.15) is 6.92 Å². The average molecular weight is 475 g/mol. The first-order valence-electron chi connectivity index (χ1n) is 12.9. The molecule has 7 rings (SSSR count). The van der Waals surface area contributed by atoms with E-state index in [0.29, 0.717) is 0 Å². The molecule has 0 aliphatic heterocycles. The molecule has 37 heavy (non-hydrogen) atoms. The molecule has 0 unspecified atom stereocenters. The minimum absolute atomic E-state index is 0.879. The van der Waals surface area contributed by atoms with E-state index in [2.05, 4.69) is 133 Å². The van der Waals surface area contributed by atoms with Gasteiger partial charge in [-0.3, -0.25) is 0 Å². The molecule has 0 saturated heterocycles. The van der Waals surface area contributed by atoms with Gasteiger partial charge in [0, 0.05) is 12.1 Å². The van der Waals surface area contributed by atoms with Crippen LogP contribution in [0.2, 0.25) is 0 Å². The molecule has 0 saturated carbocycles. The summed E-state index contributed by atoms with van der Waals surface area (Å²) in [4.78, 5) is 5.07. The molecule has 0 aliphatic carbocycles. The first-order chi connectivity index (χ1) is 18.3. The first kappa shape index (κ1) is 21.6. The van der Waals surface area contributed by atoms with Crippen LogP contribution in [-0.2, 0) is 6.54 Å². The zero-order valence-corrected chi connectivity index (χ0v) is 20.7. The van der Waals surface area contributed by atoms with Crippen LogP contribution in [0.3, 0.4) is 0 Å². The number of hydrogen-bond acceptors (Lipinski definition) is 1. The molecule has 0 amide bonds. The second kappa shape index (κ2) is 8.76. The number of rotatable bonds is 4. The Morgan fingerprint density at radius 1 is 0.541 bits per heavy atom. The number of benzene rings is 6. The largest absolute Gasteiger partial charge is 0.324 e. The lowest BCUT2D eigenvalue weighted by Crippen LogP contribution is -1.97. The SMILES string of the molecule is CCn1c(-c2ccccc2)nc2cc(-c3ccc4c(-c5ccccc5)cc5ccccc5c4c3)ccc21. The van der Waals surface area contributed by atoms with Crippen molar-refractivity contribution >= 4 is 32.6 Å². The highest BCUT2D eigenvalue weighted by molar-refractivity contribution is 6.14. The minimum Gasteiger partial charge on any atom is -0.324 e. The lowest BCUT2D eigenvalue weighted by Gasteiger charge is -2.13. The zero-order chi connectivity index (χ0) is 24.8. The van der Waals surface area contributed by atoms with E-state index in [1.165, 1.54) is 49.3 Å². The van der Waals surface area contributed by atoms with Gasteiger partial charge in [-0.15, -0.1) is 0 Å². The third kappa shape index (κ3) is 3.61. The van der Waals surface area contributed by atoms with E-state index >= 15 is 0 Å². The van der Waals surface area contributed by atoms with Crippen LogP contribution in [0.4, 0.5) is 0 Å². The van der Waals surface area contributed by atoms with Crippen molar-refractivity contribution in [2.45, 2.75) is 13.5 Å². The molecule has 0 bridgehead atoms. The van der Waals surface area contributed by atoms with E-state index in [9.17, 15) is 0 Å². The fraction of sp³-hybridized carbons (Fsp3) is 0.0571. The quantitative estimate of drug-likeness (QED) is 0.232. The van der Waals surface area contributed by atoms with Crippen LogP contribution in [-0.4, -0.2) is 9.55 Å². The topological polar surface area (TPSA) is 17.8 Å². The summed E-state index contributed by atoms with van der Waals surface area (Å²) in [7, 11) is 0. The maximum atomic E-state index is 5.07. The van der Waals surface area contributed by atoms with Gasteiger partial charge in [-0.25, -0.2) is 4.98 Å². The predicted octanol–water partition coefficient (Wildman–Crippen LogP) is 9.36. The second-order valence-electron chi connectivity index (χ2n) is 9.52. The van der Waals surface area contributed by atoms with Gasteiger partial charge >= 0.3 is 0 Å². The predicted molar refractivity (Wildman–Crippen MR) is 157 cm³/mol. The summed E-state index contributed by atoms with van der Waals surface area (Å²) in [5.41, 5.74) is 8.24. The van der Waals surface area contributed by atoms with Crippen molar-refractivity contribution in [2.75, 3.05) is 0 Å². The smallest absolute Gasteiger partial charge is 0.141 e. The molecule has 7 aromatic rings. The van der Waals surface area contributed by atoms with Crippen LogP contribution in [0, 0.1) is 0 Å². The number of fused-ring (bicyclic) bond motifs is 4. The van der Waals surface area contributed by atoms with Crippen molar-refractivity contribution in [3.63, 3.8) is 0 Å². The lowest BCUT2D eigenvalue weighted by atomic mass is 9.91. The number of aryl methyl sites for hydroxylation is 1. The van der Waals surface area contributed by atoms with E-state index in [1.54, 1.807) is 0 Å². The minimum atomic E-state index is 0.879. The molecule has 1 aromatic heterocycles. The summed E-state index contributed by atoms with van der Waals surface area (Å²) in [6.45, 7) is 3.06. The molecule has 0 fully saturated rings. The van der Waals surface area contributed by atoms with Gasteiger partial charge in [-0.05, 0) is 75.0 Å². The number of hydrogen-bond donors (Lipinski definition) is 0. The van der Waals surface area contributed by atoms with Crippen LogP contribution in [0.15, 0.2) is 127 Å². The summed E-state index contributed by atoms with van der Waals surface area (Å²) in [6, 6.07) is 45.7. The molecule has 176 valence electrons. The molecule has 0 N–H and O–H groups in total. The van der Waals surface area contributed by atoms with Gasteiger partial charge in [0.1, 0.15) is 5.82 Å². The summed E-state index contributed by atoms with van der Waals surface area (Å²) in [5, 5.41) is 5.09. The fourth-order valence-electron chi connectivity index (χ4n) is 5.58. The van der Waals surface area contributed by atoms with Crippen LogP contribution < -0.4 is 0 Å². The Labute approximate surface area is 216 Å². The summed E-state index contributed by atoms with van der Waals surface area (Å²) < 4.78 is 2.30. The molecule has 0 spiro atoms. The van der Waals surface area contributed by atoms with Crippen molar-refractivity contribution in [3.05, 3.63) is 127 Å². The Bertz CT molecular complexity index is 1900. The summed E-state index contributed by atoms with van der Waals surface area (Å²) in [6.07, 6.45) is 0. The fourth-order valence-corrected chi connectivity index (χ4v) is 5.58. The van der Waals surface area contributed by atoms with Crippen LogP contribution in [0.5, 0.6) is 0 Å². The molecule has 6 aromatic carbocycles. The van der Waals surface area contributed by atoms with Gasteiger partial charge in [0.25, 0.3) is 0 Å². The summed E-state index contributed by atoms with van der Waals surface area (Å²) in [5.74, 6) is 1.02. The highest BCUT2D eigenvalue weighted by atomic mass is 15.1. The molecule has 2 nitrogen and oxygen atoms in total. The van der Waals surface area contributed by atoms with Gasteiger partial charge in [-0.2, -0.15) is 0 Å². The van der Waals surface area contributed by atoms with Crippen molar-refractivity contribution < 1.29 is 0 Å². The maximum absolute atomic E-state index is 5.07. The van der Waals surface area contributed by atoms with Gasteiger partial charge in [-0.1, -0.05) is 103 Å². The van der Waals surface area contributed by atoms with Crippen molar-refractivity contribution in [1.82, 2.24) is 9.55 Å². The Morgan fingerprint density at radius 2 is 1.22 bits per heavy atom. The van der Waals surface area contributed by atoms with E-state index in [0.717, 1.165) is 23.4 Å². The monoisotopic (exact) mass is 474 g/mol. The molecule has 1 heterocycles. The molecule has 0 radical (unpaired) electrons. The van der Waals surface area contributed by atoms with Gasteiger partial charge in [0.2, 0.25) is 0 Å². The molecule has 0 atom stereocenters. The Hall–Kier alpha value is -4.69. The van der Waals surface area contributed by atoms with Gasteiger partial charge in [0.15, 0.2) is 0 Å². The third-order valence-electron chi connectivity index (χ3n) is 7.38. The normalized spacial score (nSPS) is 11.5. The van der Waals surface area contributed by atoms with Gasteiger partial charge in [0.05, 0.1) is 11.0 Å². The van der Waals surface area contributed by atoms with Crippen LogP contribution in [0.25, 0.3) is 66.2 Å². The average Bonchev–Trinajstić information content (AvgIpc) is 3.35. The van der Waals surface area contributed by atoms with E-state index in [-0.39, 0.29) is 0 Å².